The zero-order valence-electron chi connectivity index (χ0n) is 14.1. The molecule has 0 saturated carbocycles. The number of carbonyl (C=O) groups is 2. The topological polar surface area (TPSA) is 67.2 Å². The molecular formula is C19H22N4O2. The van der Waals surface area contributed by atoms with Crippen molar-refractivity contribution in [2.24, 2.45) is 0 Å². The van der Waals surface area contributed by atoms with Crippen LogP contribution in [-0.2, 0) is 9.59 Å². The molecule has 1 atom stereocenters. The summed E-state index contributed by atoms with van der Waals surface area (Å²) >= 11 is 0. The van der Waals surface area contributed by atoms with Gasteiger partial charge in [0.1, 0.15) is 6.04 Å². The Kier molecular flexibility index (Phi) is 5.28. The quantitative estimate of drug-likeness (QED) is 0.824. The van der Waals surface area contributed by atoms with Crippen LogP contribution in [0.2, 0.25) is 0 Å². The van der Waals surface area contributed by atoms with Gasteiger partial charge in [0.2, 0.25) is 11.8 Å². The van der Waals surface area contributed by atoms with E-state index in [-0.39, 0.29) is 11.8 Å². The van der Waals surface area contributed by atoms with Crippen molar-refractivity contribution in [3.63, 3.8) is 0 Å². The van der Waals surface area contributed by atoms with Crippen LogP contribution in [-0.4, -0.2) is 39.1 Å². The molecule has 3 rings (SSSR count). The standard InChI is InChI=1S/C19H22N4O2/c1-2-3-10-18(24)22-12-5-9-17(22)19(25)21-15-7-4-8-16(14-15)23-13-6-11-20-23/h2,4,6-8,11,13-14,17H,1,3,5,9-10,12H2,(H,21,25). The Hall–Kier alpha value is -2.89. The SMILES string of the molecule is C=CCCC(=O)N1CCCC1C(=O)Nc1cccc(-n2cccn2)c1. The minimum absolute atomic E-state index is 0.0165. The molecule has 0 radical (unpaired) electrons. The monoisotopic (exact) mass is 338 g/mol. The number of rotatable bonds is 6. The smallest absolute Gasteiger partial charge is 0.247 e. The molecule has 2 amide bonds. The first-order valence-electron chi connectivity index (χ1n) is 8.50. The Morgan fingerprint density at radius 3 is 3.00 bits per heavy atom. The summed E-state index contributed by atoms with van der Waals surface area (Å²) in [6, 6.07) is 8.94. The van der Waals surface area contributed by atoms with Crippen molar-refractivity contribution in [2.45, 2.75) is 31.7 Å². The molecule has 2 aromatic rings. The van der Waals surface area contributed by atoms with E-state index in [0.717, 1.165) is 12.1 Å². The van der Waals surface area contributed by atoms with E-state index >= 15 is 0 Å². The lowest BCUT2D eigenvalue weighted by Gasteiger charge is -2.24. The van der Waals surface area contributed by atoms with Gasteiger partial charge in [0.25, 0.3) is 0 Å². The fourth-order valence-corrected chi connectivity index (χ4v) is 3.08. The van der Waals surface area contributed by atoms with Gasteiger partial charge in [-0.2, -0.15) is 5.10 Å². The van der Waals surface area contributed by atoms with E-state index in [2.05, 4.69) is 17.0 Å². The highest BCUT2D eigenvalue weighted by Gasteiger charge is 2.33. The summed E-state index contributed by atoms with van der Waals surface area (Å²) in [4.78, 5) is 26.6. The second kappa shape index (κ2) is 7.79. The van der Waals surface area contributed by atoms with Gasteiger partial charge in [-0.1, -0.05) is 12.1 Å². The van der Waals surface area contributed by atoms with E-state index in [0.29, 0.717) is 31.5 Å². The zero-order valence-corrected chi connectivity index (χ0v) is 14.1. The van der Waals surface area contributed by atoms with Crippen molar-refractivity contribution in [1.82, 2.24) is 14.7 Å². The molecule has 130 valence electrons. The predicted octanol–water partition coefficient (Wildman–Crippen LogP) is 2.77. The second-order valence-corrected chi connectivity index (χ2v) is 6.06. The normalized spacial score (nSPS) is 16.6. The molecule has 6 nitrogen and oxygen atoms in total. The summed E-state index contributed by atoms with van der Waals surface area (Å²) in [5.41, 5.74) is 1.57. The Balaban J connectivity index is 1.68. The van der Waals surface area contributed by atoms with Crippen LogP contribution < -0.4 is 5.32 Å². The second-order valence-electron chi connectivity index (χ2n) is 6.06. The summed E-state index contributed by atoms with van der Waals surface area (Å²) in [6.45, 7) is 4.28. The number of anilines is 1. The average molecular weight is 338 g/mol. The fraction of sp³-hybridized carbons (Fsp3) is 0.316. The number of hydrogen-bond acceptors (Lipinski definition) is 3. The van der Waals surface area contributed by atoms with Crippen LogP contribution >= 0.6 is 0 Å². The largest absolute Gasteiger partial charge is 0.331 e. The van der Waals surface area contributed by atoms with Crippen LogP contribution in [0.5, 0.6) is 0 Å². The van der Waals surface area contributed by atoms with Crippen molar-refractivity contribution in [3.8, 4) is 5.69 Å². The lowest BCUT2D eigenvalue weighted by molar-refractivity contribution is -0.136. The van der Waals surface area contributed by atoms with Crippen LogP contribution in [0.1, 0.15) is 25.7 Å². The first-order chi connectivity index (χ1) is 12.2. The Bertz CT molecular complexity index is 755. The molecule has 1 unspecified atom stereocenters. The first kappa shape index (κ1) is 17.0. The summed E-state index contributed by atoms with van der Waals surface area (Å²) in [7, 11) is 0. The average Bonchev–Trinajstić information content (AvgIpc) is 3.31. The molecule has 6 heteroatoms. The van der Waals surface area contributed by atoms with E-state index in [9.17, 15) is 9.59 Å². The number of nitrogens with zero attached hydrogens (tertiary/aromatic N) is 3. The third-order valence-corrected chi connectivity index (χ3v) is 4.32. The summed E-state index contributed by atoms with van der Waals surface area (Å²) in [5, 5.41) is 7.12. The van der Waals surface area contributed by atoms with Gasteiger partial charge >= 0.3 is 0 Å². The molecule has 1 saturated heterocycles. The number of carbonyl (C=O) groups excluding carboxylic acids is 2. The highest BCUT2D eigenvalue weighted by atomic mass is 16.2. The molecule has 1 aromatic carbocycles. The van der Waals surface area contributed by atoms with Gasteiger partial charge < -0.3 is 10.2 Å². The zero-order chi connectivity index (χ0) is 17.6. The van der Waals surface area contributed by atoms with Crippen LogP contribution in [0.15, 0.2) is 55.4 Å². The molecule has 0 bridgehead atoms. The molecule has 1 aliphatic rings. The van der Waals surface area contributed by atoms with E-state index < -0.39 is 6.04 Å². The van der Waals surface area contributed by atoms with Crippen molar-refractivity contribution in [3.05, 3.63) is 55.4 Å². The molecule has 1 aliphatic heterocycles. The molecular weight excluding hydrogens is 316 g/mol. The van der Waals surface area contributed by atoms with Crippen molar-refractivity contribution >= 4 is 17.5 Å². The van der Waals surface area contributed by atoms with Gasteiger partial charge in [-0.15, -0.1) is 6.58 Å². The highest BCUT2D eigenvalue weighted by molar-refractivity contribution is 5.97. The number of amides is 2. The maximum Gasteiger partial charge on any atom is 0.247 e. The summed E-state index contributed by atoms with van der Waals surface area (Å²) in [5.74, 6) is -0.120. The maximum absolute atomic E-state index is 12.7. The van der Waals surface area contributed by atoms with Crippen LogP contribution in [0, 0.1) is 0 Å². The highest BCUT2D eigenvalue weighted by Crippen LogP contribution is 2.21. The fourth-order valence-electron chi connectivity index (χ4n) is 3.08. The van der Waals surface area contributed by atoms with Crippen molar-refractivity contribution < 1.29 is 9.59 Å². The Morgan fingerprint density at radius 2 is 2.24 bits per heavy atom. The minimum Gasteiger partial charge on any atom is -0.331 e. The van der Waals surface area contributed by atoms with Crippen molar-refractivity contribution in [2.75, 3.05) is 11.9 Å². The van der Waals surface area contributed by atoms with Gasteiger partial charge in [-0.25, -0.2) is 4.68 Å². The lowest BCUT2D eigenvalue weighted by Crippen LogP contribution is -2.43. The summed E-state index contributed by atoms with van der Waals surface area (Å²) in [6.07, 6.45) is 7.87. The van der Waals surface area contributed by atoms with Crippen LogP contribution in [0.3, 0.4) is 0 Å². The number of nitrogens with one attached hydrogen (secondary N) is 1. The third-order valence-electron chi connectivity index (χ3n) is 4.32. The van der Waals surface area contributed by atoms with Crippen molar-refractivity contribution in [1.29, 1.82) is 0 Å². The van der Waals surface area contributed by atoms with E-state index in [1.54, 1.807) is 21.9 Å². The van der Waals surface area contributed by atoms with Crippen LogP contribution in [0.4, 0.5) is 5.69 Å². The predicted molar refractivity (Wildman–Crippen MR) is 96.4 cm³/mol. The lowest BCUT2D eigenvalue weighted by atomic mass is 10.2. The van der Waals surface area contributed by atoms with Gasteiger partial charge in [-0.3, -0.25) is 9.59 Å². The maximum atomic E-state index is 12.7. The third kappa shape index (κ3) is 3.96. The van der Waals surface area contributed by atoms with Gasteiger partial charge in [-0.05, 0) is 43.5 Å². The van der Waals surface area contributed by atoms with Crippen LogP contribution in [0.25, 0.3) is 5.69 Å². The molecule has 0 spiro atoms. The van der Waals surface area contributed by atoms with E-state index in [1.165, 1.54) is 0 Å². The van der Waals surface area contributed by atoms with Gasteiger partial charge in [0, 0.05) is 31.0 Å². The molecule has 1 N–H and O–H groups in total. The molecule has 25 heavy (non-hydrogen) atoms. The first-order valence-corrected chi connectivity index (χ1v) is 8.50. The van der Waals surface area contributed by atoms with Gasteiger partial charge in [0.15, 0.2) is 0 Å². The number of likely N-dealkylation sites (tertiary alicyclic amines) is 1. The summed E-state index contributed by atoms with van der Waals surface area (Å²) < 4.78 is 1.73. The minimum atomic E-state index is -0.398. The molecule has 1 aromatic heterocycles. The number of benzene rings is 1. The van der Waals surface area contributed by atoms with E-state index in [1.807, 2.05) is 36.5 Å². The van der Waals surface area contributed by atoms with Gasteiger partial charge in [0.05, 0.1) is 5.69 Å². The number of allylic oxidation sites excluding steroid dienone is 1. The number of hydrogen-bond donors (Lipinski definition) is 1. The molecule has 0 aliphatic carbocycles. The van der Waals surface area contributed by atoms with E-state index in [4.69, 9.17) is 0 Å². The molecule has 1 fully saturated rings. The Morgan fingerprint density at radius 1 is 1.36 bits per heavy atom. The molecule has 2 heterocycles. The number of aromatic nitrogens is 2. The Labute approximate surface area is 147 Å².